The fourth-order valence-electron chi connectivity index (χ4n) is 4.05. The van der Waals surface area contributed by atoms with Gasteiger partial charge in [0.05, 0.1) is 0 Å². The Morgan fingerprint density at radius 2 is 1.25 bits per heavy atom. The molecule has 0 atom stereocenters. The zero-order valence-corrected chi connectivity index (χ0v) is 20.7. The SMILES string of the molecule is CCC[CH2][Sn]([CH2]CCC)([CH2]CCC)[c]1ccccc1OC(=O)c1ccccc1. The Kier molecular flexibility index (Phi) is 10.1. The molecule has 0 amide bonds. The minimum atomic E-state index is -2.65. The normalized spacial score (nSPS) is 11.4. The van der Waals surface area contributed by atoms with E-state index < -0.39 is 18.4 Å². The van der Waals surface area contributed by atoms with Crippen molar-refractivity contribution in [2.75, 3.05) is 0 Å². The molecular weight excluding hydrogens is 451 g/mol. The quantitative estimate of drug-likeness (QED) is 0.184. The van der Waals surface area contributed by atoms with Gasteiger partial charge in [0.25, 0.3) is 0 Å². The summed E-state index contributed by atoms with van der Waals surface area (Å²) in [4.78, 5) is 12.7. The van der Waals surface area contributed by atoms with Crippen LogP contribution in [0, 0.1) is 0 Å². The van der Waals surface area contributed by atoms with Gasteiger partial charge < -0.3 is 0 Å². The molecule has 3 heteroatoms. The van der Waals surface area contributed by atoms with Crippen LogP contribution in [0.1, 0.15) is 69.7 Å². The third-order valence-corrected chi connectivity index (χ3v) is 21.4. The van der Waals surface area contributed by atoms with E-state index in [0.717, 1.165) is 5.75 Å². The van der Waals surface area contributed by atoms with E-state index >= 15 is 0 Å². The molecule has 0 aliphatic rings. The third-order valence-electron chi connectivity index (χ3n) is 5.70. The molecule has 2 aromatic carbocycles. The predicted molar refractivity (Wildman–Crippen MR) is 122 cm³/mol. The molecule has 0 spiro atoms. The van der Waals surface area contributed by atoms with Crippen molar-refractivity contribution in [3.63, 3.8) is 0 Å². The van der Waals surface area contributed by atoms with E-state index in [1.807, 2.05) is 42.5 Å². The number of rotatable bonds is 12. The van der Waals surface area contributed by atoms with E-state index in [0.29, 0.717) is 5.56 Å². The van der Waals surface area contributed by atoms with E-state index in [2.05, 4.69) is 32.9 Å². The van der Waals surface area contributed by atoms with Crippen molar-refractivity contribution in [2.45, 2.75) is 72.6 Å². The zero-order chi connectivity index (χ0) is 20.2. The number of benzene rings is 2. The Balaban J connectivity index is 2.39. The van der Waals surface area contributed by atoms with Gasteiger partial charge in [-0.25, -0.2) is 0 Å². The first kappa shape index (κ1) is 23.0. The first-order chi connectivity index (χ1) is 13.7. The Labute approximate surface area is 175 Å². The second-order valence-corrected chi connectivity index (χ2v) is 21.0. The van der Waals surface area contributed by atoms with Crippen LogP contribution >= 0.6 is 0 Å². The molecule has 0 saturated carbocycles. The van der Waals surface area contributed by atoms with Gasteiger partial charge in [0.1, 0.15) is 0 Å². The van der Waals surface area contributed by atoms with Crippen LogP contribution in [0.4, 0.5) is 0 Å². The molecule has 0 saturated heterocycles. The first-order valence-electron chi connectivity index (χ1n) is 11.0. The van der Waals surface area contributed by atoms with Crippen LogP contribution in [0.3, 0.4) is 0 Å². The van der Waals surface area contributed by atoms with E-state index in [1.165, 1.54) is 55.4 Å². The van der Waals surface area contributed by atoms with Crippen LogP contribution in [0.25, 0.3) is 0 Å². The zero-order valence-electron chi connectivity index (χ0n) is 17.9. The molecule has 2 rings (SSSR count). The molecule has 152 valence electrons. The summed E-state index contributed by atoms with van der Waals surface area (Å²) in [5, 5.41) is 0. The van der Waals surface area contributed by atoms with Crippen molar-refractivity contribution >= 4 is 27.9 Å². The van der Waals surface area contributed by atoms with Gasteiger partial charge in [-0.2, -0.15) is 0 Å². The van der Waals surface area contributed by atoms with E-state index in [4.69, 9.17) is 4.74 Å². The van der Waals surface area contributed by atoms with Gasteiger partial charge in [0.2, 0.25) is 0 Å². The number of carbonyl (C=O) groups excluding carboxylic acids is 1. The second kappa shape index (κ2) is 12.3. The summed E-state index contributed by atoms with van der Waals surface area (Å²) in [6, 6.07) is 17.8. The molecule has 0 bridgehead atoms. The molecule has 0 N–H and O–H groups in total. The van der Waals surface area contributed by atoms with Crippen LogP contribution in [0.2, 0.25) is 13.3 Å². The average molecular weight is 487 g/mol. The number of ether oxygens (including phenoxy) is 1. The summed E-state index contributed by atoms with van der Waals surface area (Å²) in [6.07, 6.45) is 7.61. The Morgan fingerprint density at radius 1 is 0.750 bits per heavy atom. The predicted octanol–water partition coefficient (Wildman–Crippen LogP) is 6.96. The topological polar surface area (TPSA) is 26.3 Å². The van der Waals surface area contributed by atoms with Gasteiger partial charge in [0, 0.05) is 0 Å². The summed E-state index contributed by atoms with van der Waals surface area (Å²) in [5.74, 6) is 0.588. The molecule has 0 aromatic heterocycles. The molecule has 0 aliphatic heterocycles. The molecule has 0 radical (unpaired) electrons. The van der Waals surface area contributed by atoms with Gasteiger partial charge in [-0.3, -0.25) is 0 Å². The van der Waals surface area contributed by atoms with Crippen molar-refractivity contribution < 1.29 is 9.53 Å². The molecule has 0 aliphatic carbocycles. The molecule has 0 heterocycles. The second-order valence-electron chi connectivity index (χ2n) is 7.84. The standard InChI is InChI=1S/C13H9O2.3C4H9.Sn/c14-13(11-7-3-1-4-8-11)15-12-9-5-2-6-10-12;3*1-3-4-2;/h1-9H;3*1,3-4H2,2H3;. The number of carbonyl (C=O) groups is 1. The van der Waals surface area contributed by atoms with Crippen molar-refractivity contribution in [2.24, 2.45) is 0 Å². The van der Waals surface area contributed by atoms with Gasteiger partial charge >= 0.3 is 176 Å². The molecule has 2 aromatic rings. The average Bonchev–Trinajstić information content (AvgIpc) is 2.74. The van der Waals surface area contributed by atoms with Crippen molar-refractivity contribution in [3.05, 3.63) is 60.2 Å². The number of para-hydroxylation sites is 1. The summed E-state index contributed by atoms with van der Waals surface area (Å²) < 4.78 is 11.5. The summed E-state index contributed by atoms with van der Waals surface area (Å²) in [5.41, 5.74) is 0.619. The van der Waals surface area contributed by atoms with Crippen LogP contribution in [-0.2, 0) is 0 Å². The Morgan fingerprint density at radius 3 is 1.79 bits per heavy atom. The first-order valence-corrected chi connectivity index (χ1v) is 18.5. The summed E-state index contributed by atoms with van der Waals surface area (Å²) >= 11 is -2.65. The van der Waals surface area contributed by atoms with Gasteiger partial charge in [-0.15, -0.1) is 0 Å². The summed E-state index contributed by atoms with van der Waals surface area (Å²) in [7, 11) is 0. The maximum absolute atomic E-state index is 12.7. The number of hydrogen-bond donors (Lipinski definition) is 0. The van der Waals surface area contributed by atoms with Crippen molar-refractivity contribution in [1.82, 2.24) is 0 Å². The van der Waals surface area contributed by atoms with Gasteiger partial charge in [0.15, 0.2) is 0 Å². The van der Waals surface area contributed by atoms with Crippen LogP contribution in [0.5, 0.6) is 5.75 Å². The number of hydrogen-bond acceptors (Lipinski definition) is 2. The van der Waals surface area contributed by atoms with Crippen molar-refractivity contribution in [3.8, 4) is 5.75 Å². The summed E-state index contributed by atoms with van der Waals surface area (Å²) in [6.45, 7) is 6.87. The molecule has 28 heavy (non-hydrogen) atoms. The Hall–Kier alpha value is -1.29. The van der Waals surface area contributed by atoms with E-state index in [-0.39, 0.29) is 5.97 Å². The molecule has 0 fully saturated rings. The van der Waals surface area contributed by atoms with Crippen molar-refractivity contribution in [1.29, 1.82) is 0 Å². The van der Waals surface area contributed by atoms with Crippen LogP contribution < -0.4 is 8.32 Å². The fraction of sp³-hybridized carbons (Fsp3) is 0.480. The molecular formula is C25H36O2Sn. The van der Waals surface area contributed by atoms with Crippen LogP contribution in [-0.4, -0.2) is 24.3 Å². The number of unbranched alkanes of at least 4 members (excludes halogenated alkanes) is 3. The molecule has 0 unspecified atom stereocenters. The molecule has 2 nitrogen and oxygen atoms in total. The van der Waals surface area contributed by atoms with Gasteiger partial charge in [-0.1, -0.05) is 0 Å². The Bertz CT molecular complexity index is 690. The minimum absolute atomic E-state index is 0.241. The van der Waals surface area contributed by atoms with Crippen LogP contribution in [0.15, 0.2) is 54.6 Å². The maximum atomic E-state index is 12.7. The third kappa shape index (κ3) is 6.37. The van der Waals surface area contributed by atoms with E-state index in [1.54, 1.807) is 0 Å². The van der Waals surface area contributed by atoms with Gasteiger partial charge in [-0.05, 0) is 0 Å². The number of esters is 1. The van der Waals surface area contributed by atoms with E-state index in [9.17, 15) is 4.79 Å². The fourth-order valence-corrected chi connectivity index (χ4v) is 20.5. The monoisotopic (exact) mass is 488 g/mol.